The summed E-state index contributed by atoms with van der Waals surface area (Å²) in [5.41, 5.74) is 5.42. The zero-order valence-electron chi connectivity index (χ0n) is 63.7. The van der Waals surface area contributed by atoms with Crippen LogP contribution >= 0.6 is 7.82 Å². The molecule has 99 heavy (non-hydrogen) atoms. The number of hydrogen-bond acceptors (Lipinski definition) is 8. The van der Waals surface area contributed by atoms with E-state index in [0.717, 1.165) is 128 Å². The first-order valence-electron chi connectivity index (χ1n) is 40.6. The van der Waals surface area contributed by atoms with Crippen LogP contribution in [-0.4, -0.2) is 49.3 Å². The van der Waals surface area contributed by atoms with Gasteiger partial charge in [-0.15, -0.1) is 0 Å². The number of phosphoric acid groups is 1. The van der Waals surface area contributed by atoms with Crippen molar-refractivity contribution in [3.8, 4) is 0 Å². The Balaban J connectivity index is 3.84. The van der Waals surface area contributed by atoms with Crippen LogP contribution < -0.4 is 5.73 Å². The van der Waals surface area contributed by atoms with Gasteiger partial charge in [0.05, 0.1) is 13.2 Å². The maximum absolute atomic E-state index is 12.8. The molecule has 0 aliphatic rings. The van der Waals surface area contributed by atoms with E-state index >= 15 is 0 Å². The van der Waals surface area contributed by atoms with Gasteiger partial charge in [-0.05, 0) is 128 Å². The fourth-order valence-corrected chi connectivity index (χ4v) is 12.0. The number of phosphoric ester groups is 1. The van der Waals surface area contributed by atoms with Gasteiger partial charge >= 0.3 is 19.8 Å². The van der Waals surface area contributed by atoms with E-state index in [0.29, 0.717) is 6.42 Å². The minimum atomic E-state index is -4.41. The first-order chi connectivity index (χ1) is 48.8. The number of allylic oxidation sites excluding steroid dienone is 28. The fraction of sp³-hybridized carbons (Fsp3) is 0.663. The number of carbonyl (C=O) groups excluding carboxylic acids is 2. The summed E-state index contributed by atoms with van der Waals surface area (Å²) in [6.45, 7) is 3.54. The Morgan fingerprint density at radius 1 is 0.303 bits per heavy atom. The van der Waals surface area contributed by atoms with E-state index in [1.165, 1.54) is 186 Å². The van der Waals surface area contributed by atoms with Crippen LogP contribution in [0.15, 0.2) is 170 Å². The summed E-state index contributed by atoms with van der Waals surface area (Å²) in [4.78, 5) is 35.5. The lowest BCUT2D eigenvalue weighted by atomic mass is 10.0. The molecular weight excluding hydrogens is 1240 g/mol. The van der Waals surface area contributed by atoms with E-state index in [-0.39, 0.29) is 38.6 Å². The second-order valence-electron chi connectivity index (χ2n) is 26.5. The molecule has 0 spiro atoms. The van der Waals surface area contributed by atoms with Crippen LogP contribution in [0.4, 0.5) is 0 Å². The van der Waals surface area contributed by atoms with Crippen LogP contribution in [0.5, 0.6) is 0 Å². The number of carbonyl (C=O) groups is 2. The second-order valence-corrected chi connectivity index (χ2v) is 28.0. The van der Waals surface area contributed by atoms with Crippen molar-refractivity contribution in [1.82, 2.24) is 0 Å². The van der Waals surface area contributed by atoms with E-state index in [1.54, 1.807) is 0 Å². The Hall–Kier alpha value is -4.63. The van der Waals surface area contributed by atoms with Gasteiger partial charge in [-0.2, -0.15) is 0 Å². The van der Waals surface area contributed by atoms with Crippen LogP contribution in [0.2, 0.25) is 0 Å². The molecule has 0 aromatic carbocycles. The Kier molecular flexibility index (Phi) is 78.5. The van der Waals surface area contributed by atoms with Crippen molar-refractivity contribution in [2.75, 3.05) is 26.4 Å². The molecule has 9 nitrogen and oxygen atoms in total. The highest BCUT2D eigenvalue weighted by atomic mass is 31.2. The molecule has 0 aromatic heterocycles. The van der Waals surface area contributed by atoms with Crippen molar-refractivity contribution in [2.45, 2.75) is 354 Å². The summed E-state index contributed by atoms with van der Waals surface area (Å²) < 4.78 is 33.3. The molecule has 0 radical (unpaired) electrons. The molecular formula is C89H150NO8P. The van der Waals surface area contributed by atoms with Gasteiger partial charge in [-0.3, -0.25) is 18.6 Å². The second kappa shape index (κ2) is 82.3. The van der Waals surface area contributed by atoms with Gasteiger partial charge in [0, 0.05) is 19.4 Å². The van der Waals surface area contributed by atoms with Crippen LogP contribution in [0.25, 0.3) is 0 Å². The first-order valence-corrected chi connectivity index (χ1v) is 42.1. The topological polar surface area (TPSA) is 134 Å². The zero-order chi connectivity index (χ0) is 71.5. The van der Waals surface area contributed by atoms with Crippen molar-refractivity contribution in [3.63, 3.8) is 0 Å². The van der Waals surface area contributed by atoms with Gasteiger partial charge in [0.25, 0.3) is 0 Å². The highest BCUT2D eigenvalue weighted by molar-refractivity contribution is 7.47. The monoisotopic (exact) mass is 1390 g/mol. The maximum Gasteiger partial charge on any atom is 0.472 e. The molecule has 0 fully saturated rings. The third-order valence-electron chi connectivity index (χ3n) is 17.1. The average molecular weight is 1390 g/mol. The van der Waals surface area contributed by atoms with Crippen molar-refractivity contribution >= 4 is 19.8 Å². The predicted octanol–water partition coefficient (Wildman–Crippen LogP) is 27.6. The summed E-state index contributed by atoms with van der Waals surface area (Å²) in [6, 6.07) is 0. The largest absolute Gasteiger partial charge is 0.472 e. The van der Waals surface area contributed by atoms with Crippen molar-refractivity contribution in [3.05, 3.63) is 170 Å². The summed E-state index contributed by atoms with van der Waals surface area (Å²) in [7, 11) is -4.41. The smallest absolute Gasteiger partial charge is 0.462 e. The fourth-order valence-electron chi connectivity index (χ4n) is 11.2. The predicted molar refractivity (Wildman–Crippen MR) is 431 cm³/mol. The molecule has 3 N–H and O–H groups in total. The lowest BCUT2D eigenvalue weighted by molar-refractivity contribution is -0.161. The maximum atomic E-state index is 12.8. The molecule has 2 atom stereocenters. The molecule has 0 aromatic rings. The zero-order valence-corrected chi connectivity index (χ0v) is 64.6. The minimum Gasteiger partial charge on any atom is -0.462 e. The number of rotatable bonds is 75. The highest BCUT2D eigenvalue weighted by Gasteiger charge is 2.26. The molecule has 10 heteroatoms. The van der Waals surface area contributed by atoms with Crippen LogP contribution in [0.3, 0.4) is 0 Å². The van der Waals surface area contributed by atoms with Crippen molar-refractivity contribution < 1.29 is 37.6 Å². The van der Waals surface area contributed by atoms with Gasteiger partial charge < -0.3 is 20.1 Å². The summed E-state index contributed by atoms with van der Waals surface area (Å²) in [5.74, 6) is -0.823. The Bertz CT molecular complexity index is 2240. The van der Waals surface area contributed by atoms with Gasteiger partial charge in [-0.25, -0.2) is 4.57 Å². The van der Waals surface area contributed by atoms with Gasteiger partial charge in [0.2, 0.25) is 0 Å². The van der Waals surface area contributed by atoms with Crippen molar-refractivity contribution in [2.24, 2.45) is 5.73 Å². The Morgan fingerprint density at radius 2 is 0.525 bits per heavy atom. The Morgan fingerprint density at radius 3 is 0.778 bits per heavy atom. The van der Waals surface area contributed by atoms with E-state index in [4.69, 9.17) is 24.3 Å². The minimum absolute atomic E-state index is 0.0486. The molecule has 564 valence electrons. The van der Waals surface area contributed by atoms with Crippen LogP contribution in [0.1, 0.15) is 348 Å². The number of hydrogen-bond donors (Lipinski definition) is 2. The molecule has 0 heterocycles. The molecule has 0 amide bonds. The van der Waals surface area contributed by atoms with Gasteiger partial charge in [0.15, 0.2) is 6.10 Å². The molecule has 0 rings (SSSR count). The normalized spacial score (nSPS) is 13.8. The number of ether oxygens (including phenoxy) is 2. The van der Waals surface area contributed by atoms with E-state index in [2.05, 4.69) is 184 Å². The van der Waals surface area contributed by atoms with Crippen molar-refractivity contribution in [1.29, 1.82) is 0 Å². The van der Waals surface area contributed by atoms with Gasteiger partial charge in [0.1, 0.15) is 6.61 Å². The molecule has 0 aliphatic heterocycles. The number of nitrogens with two attached hydrogens (primary N) is 1. The molecule has 0 saturated carbocycles. The molecule has 0 saturated heterocycles. The van der Waals surface area contributed by atoms with Crippen LogP contribution in [-0.2, 0) is 32.7 Å². The van der Waals surface area contributed by atoms with Crippen LogP contribution in [0, 0.1) is 0 Å². The number of unbranched alkanes of at least 4 members (excludes halogenated alkanes) is 34. The average Bonchev–Trinajstić information content (AvgIpc) is 1.19. The van der Waals surface area contributed by atoms with Gasteiger partial charge in [-0.1, -0.05) is 377 Å². The SMILES string of the molecule is CC/C=C\C/C=C\C/C=C\C/C=C\C/C=C\C/C=C\C/C=C\C/C=C\C/C=C\CCCCCCCCCCCCCCCC(=O)OC(COC(=O)CCCCCCCCCCCCCCCCCCCCCCC/C=C\C/C=C\C/C=C\C/C=C\C/C=C\CC)COP(=O)(O)OCCN. The lowest BCUT2D eigenvalue weighted by Gasteiger charge is -2.19. The molecule has 0 bridgehead atoms. The standard InChI is InChI=1S/C89H150NO8P/c1-3-5-7-9-11-13-15-17-19-21-23-25-27-29-31-33-35-37-39-41-42-43-44-46-48-50-52-54-56-58-60-62-64-66-68-70-72-74-76-78-80-82-89(92)98-87(86-97-99(93,94)96-84-83-90)85-95-88(91)81-79-77-75-73-71-69-67-65-63-61-59-57-55-53-51-49-47-45-40-38-36-34-32-30-28-26-24-22-20-18-16-14-12-10-8-6-4-2/h5-8,11-14,17-20,23-26,29-32,35,37,41-42,44,46,50,52,87H,3-4,9-10,15-16,21-22,27-28,33-34,36,38-40,43,45,47-49,51,53-86,90H2,1-2H3,(H,93,94)/b7-5-,8-6-,13-11-,14-12-,19-17-,20-18-,25-23-,26-24-,31-29-,32-30-,37-35-,42-41-,46-44-,52-50-. The molecule has 2 unspecified atom stereocenters. The van der Waals surface area contributed by atoms with E-state index < -0.39 is 26.5 Å². The third-order valence-corrected chi connectivity index (χ3v) is 18.1. The summed E-state index contributed by atoms with van der Waals surface area (Å²) in [5, 5.41) is 0. The molecule has 0 aliphatic carbocycles. The summed E-state index contributed by atoms with van der Waals surface area (Å²) in [6.07, 6.45) is 122. The number of esters is 2. The lowest BCUT2D eigenvalue weighted by Crippen LogP contribution is -2.29. The Labute approximate surface area is 610 Å². The third kappa shape index (κ3) is 82.2. The van der Waals surface area contributed by atoms with E-state index in [9.17, 15) is 19.0 Å². The highest BCUT2D eigenvalue weighted by Crippen LogP contribution is 2.43. The first kappa shape index (κ1) is 94.4. The van der Waals surface area contributed by atoms with E-state index in [1.807, 2.05) is 0 Å². The quantitative estimate of drug-likeness (QED) is 0.0264. The summed E-state index contributed by atoms with van der Waals surface area (Å²) >= 11 is 0.